The summed E-state index contributed by atoms with van der Waals surface area (Å²) in [5, 5.41) is 5.20. The lowest BCUT2D eigenvalue weighted by Gasteiger charge is -2.17. The van der Waals surface area contributed by atoms with Crippen LogP contribution in [0.4, 0.5) is 4.39 Å². The fourth-order valence-electron chi connectivity index (χ4n) is 2.74. The molecule has 3 aromatic carbocycles. The van der Waals surface area contributed by atoms with E-state index in [9.17, 15) is 9.18 Å². The van der Waals surface area contributed by atoms with Crippen LogP contribution >= 0.6 is 0 Å². The Hall–Kier alpha value is -2.88. The Balaban J connectivity index is 1.66. The molecule has 25 heavy (non-hydrogen) atoms. The van der Waals surface area contributed by atoms with E-state index in [0.717, 1.165) is 16.3 Å². The van der Waals surface area contributed by atoms with Crippen LogP contribution in [-0.4, -0.2) is 12.0 Å². The van der Waals surface area contributed by atoms with Gasteiger partial charge < -0.3 is 10.1 Å². The van der Waals surface area contributed by atoms with Gasteiger partial charge in [0.1, 0.15) is 11.6 Å². The summed E-state index contributed by atoms with van der Waals surface area (Å²) < 4.78 is 18.6. The fourth-order valence-corrected chi connectivity index (χ4v) is 2.74. The van der Waals surface area contributed by atoms with Gasteiger partial charge in [0.2, 0.25) is 0 Å². The van der Waals surface area contributed by atoms with Crippen molar-refractivity contribution in [2.75, 3.05) is 0 Å². The number of nitrogens with one attached hydrogen (secondary N) is 1. The van der Waals surface area contributed by atoms with Crippen molar-refractivity contribution in [2.45, 2.75) is 26.0 Å². The van der Waals surface area contributed by atoms with E-state index in [1.54, 1.807) is 0 Å². The van der Waals surface area contributed by atoms with Crippen molar-refractivity contribution in [3.05, 3.63) is 78.1 Å². The van der Waals surface area contributed by atoms with Crippen molar-refractivity contribution in [1.82, 2.24) is 5.32 Å². The maximum atomic E-state index is 13.0. The zero-order valence-corrected chi connectivity index (χ0v) is 14.0. The van der Waals surface area contributed by atoms with E-state index in [1.165, 1.54) is 24.3 Å². The van der Waals surface area contributed by atoms with Gasteiger partial charge in [-0.2, -0.15) is 0 Å². The summed E-state index contributed by atoms with van der Waals surface area (Å²) in [6.45, 7) is 2.31. The summed E-state index contributed by atoms with van der Waals surface area (Å²) in [6, 6.07) is 19.8. The van der Waals surface area contributed by atoms with Gasteiger partial charge in [-0.3, -0.25) is 4.79 Å². The number of hydrogen-bond donors (Lipinski definition) is 1. The third-order valence-corrected chi connectivity index (χ3v) is 4.09. The highest BCUT2D eigenvalue weighted by Gasteiger charge is 2.18. The highest BCUT2D eigenvalue weighted by Crippen LogP contribution is 2.19. The van der Waals surface area contributed by atoms with Crippen LogP contribution in [0.2, 0.25) is 0 Å². The molecule has 0 saturated carbocycles. The molecule has 4 heteroatoms. The van der Waals surface area contributed by atoms with Crippen LogP contribution in [0.5, 0.6) is 5.75 Å². The van der Waals surface area contributed by atoms with E-state index >= 15 is 0 Å². The molecule has 0 fully saturated rings. The zero-order chi connectivity index (χ0) is 17.6. The summed E-state index contributed by atoms with van der Waals surface area (Å²) in [6.07, 6.45) is -0.0842. The zero-order valence-electron chi connectivity index (χ0n) is 14.0. The molecule has 1 amide bonds. The highest BCUT2D eigenvalue weighted by molar-refractivity contribution is 5.86. The number of amides is 1. The standard InChI is InChI=1S/C21H20FNO2/c1-2-20(25-18-12-10-17(22)11-13-18)21(24)23-14-16-8-5-7-15-6-3-4-9-19(15)16/h3-13,20H,2,14H2,1H3,(H,23,24)/t20-/m1/s1. The molecule has 1 atom stereocenters. The Labute approximate surface area is 146 Å². The van der Waals surface area contributed by atoms with Crippen molar-refractivity contribution in [2.24, 2.45) is 0 Å². The van der Waals surface area contributed by atoms with Gasteiger partial charge in [0.05, 0.1) is 0 Å². The van der Waals surface area contributed by atoms with Crippen LogP contribution < -0.4 is 10.1 Å². The molecule has 0 unspecified atom stereocenters. The third-order valence-electron chi connectivity index (χ3n) is 4.09. The van der Waals surface area contributed by atoms with Crippen LogP contribution in [0.25, 0.3) is 10.8 Å². The van der Waals surface area contributed by atoms with Gasteiger partial charge in [0.25, 0.3) is 5.91 Å². The second-order valence-corrected chi connectivity index (χ2v) is 5.82. The SMILES string of the molecule is CC[C@@H](Oc1ccc(F)cc1)C(=O)NCc1cccc2ccccc12. The summed E-state index contributed by atoms with van der Waals surface area (Å²) >= 11 is 0. The molecule has 3 nitrogen and oxygen atoms in total. The molecule has 3 aromatic rings. The van der Waals surface area contributed by atoms with Gasteiger partial charge in [-0.25, -0.2) is 4.39 Å². The Morgan fingerprint density at radius 1 is 1.04 bits per heavy atom. The Kier molecular flexibility index (Phi) is 5.29. The van der Waals surface area contributed by atoms with E-state index < -0.39 is 6.10 Å². The molecule has 0 bridgehead atoms. The summed E-state index contributed by atoms with van der Waals surface area (Å²) in [7, 11) is 0. The lowest BCUT2D eigenvalue weighted by Crippen LogP contribution is -2.37. The Morgan fingerprint density at radius 2 is 1.76 bits per heavy atom. The number of benzene rings is 3. The third kappa shape index (κ3) is 4.15. The smallest absolute Gasteiger partial charge is 0.261 e. The van der Waals surface area contributed by atoms with Crippen LogP contribution in [0.3, 0.4) is 0 Å². The number of fused-ring (bicyclic) bond motifs is 1. The highest BCUT2D eigenvalue weighted by atomic mass is 19.1. The summed E-state index contributed by atoms with van der Waals surface area (Å²) in [4.78, 5) is 12.4. The Morgan fingerprint density at radius 3 is 2.52 bits per heavy atom. The average Bonchev–Trinajstić information content (AvgIpc) is 2.65. The lowest BCUT2D eigenvalue weighted by atomic mass is 10.0. The maximum Gasteiger partial charge on any atom is 0.261 e. The molecule has 1 N–H and O–H groups in total. The molecule has 0 radical (unpaired) electrons. The molecule has 0 aliphatic carbocycles. The monoisotopic (exact) mass is 337 g/mol. The molecular weight excluding hydrogens is 317 g/mol. The second-order valence-electron chi connectivity index (χ2n) is 5.82. The predicted octanol–water partition coefficient (Wildman–Crippen LogP) is 4.45. The van der Waals surface area contributed by atoms with Gasteiger partial charge in [-0.05, 0) is 47.0 Å². The Bertz CT molecular complexity index is 856. The molecule has 0 aliphatic rings. The van der Waals surface area contributed by atoms with Crippen molar-refractivity contribution in [1.29, 1.82) is 0 Å². The lowest BCUT2D eigenvalue weighted by molar-refractivity contribution is -0.128. The first-order chi connectivity index (χ1) is 12.2. The summed E-state index contributed by atoms with van der Waals surface area (Å²) in [5.74, 6) is -0.0332. The van der Waals surface area contributed by atoms with E-state index in [2.05, 4.69) is 5.32 Å². The van der Waals surface area contributed by atoms with Crippen molar-refractivity contribution >= 4 is 16.7 Å². The van der Waals surface area contributed by atoms with E-state index in [4.69, 9.17) is 4.74 Å². The van der Waals surface area contributed by atoms with Gasteiger partial charge in [0, 0.05) is 6.54 Å². The van der Waals surface area contributed by atoms with E-state index in [0.29, 0.717) is 18.7 Å². The molecule has 3 rings (SSSR count). The maximum absolute atomic E-state index is 13.0. The molecule has 0 aromatic heterocycles. The quantitative estimate of drug-likeness (QED) is 0.721. The van der Waals surface area contributed by atoms with Gasteiger partial charge in [-0.15, -0.1) is 0 Å². The number of carbonyl (C=O) groups excluding carboxylic acids is 1. The van der Waals surface area contributed by atoms with Crippen LogP contribution in [0.1, 0.15) is 18.9 Å². The number of carbonyl (C=O) groups is 1. The minimum Gasteiger partial charge on any atom is -0.481 e. The molecule has 128 valence electrons. The molecule has 0 aliphatic heterocycles. The minimum atomic E-state index is -0.611. The number of hydrogen-bond acceptors (Lipinski definition) is 2. The van der Waals surface area contributed by atoms with Gasteiger partial charge >= 0.3 is 0 Å². The molecule has 0 saturated heterocycles. The molecule has 0 heterocycles. The normalized spacial score (nSPS) is 11.9. The average molecular weight is 337 g/mol. The van der Waals surface area contributed by atoms with Gasteiger partial charge in [-0.1, -0.05) is 49.4 Å². The van der Waals surface area contributed by atoms with Crippen molar-refractivity contribution in [3.8, 4) is 5.75 Å². The minimum absolute atomic E-state index is 0.181. The molecule has 0 spiro atoms. The summed E-state index contributed by atoms with van der Waals surface area (Å²) in [5.41, 5.74) is 1.06. The first-order valence-electron chi connectivity index (χ1n) is 8.34. The number of ether oxygens (including phenoxy) is 1. The first-order valence-corrected chi connectivity index (χ1v) is 8.34. The van der Waals surface area contributed by atoms with Crippen molar-refractivity contribution in [3.63, 3.8) is 0 Å². The number of halogens is 1. The van der Waals surface area contributed by atoms with E-state index in [1.807, 2.05) is 49.4 Å². The van der Waals surface area contributed by atoms with Crippen LogP contribution in [0, 0.1) is 5.82 Å². The van der Waals surface area contributed by atoms with E-state index in [-0.39, 0.29) is 11.7 Å². The topological polar surface area (TPSA) is 38.3 Å². The van der Waals surface area contributed by atoms with Crippen LogP contribution in [-0.2, 0) is 11.3 Å². The second kappa shape index (κ2) is 7.79. The predicted molar refractivity (Wildman–Crippen MR) is 96.9 cm³/mol. The fraction of sp³-hybridized carbons (Fsp3) is 0.190. The van der Waals surface area contributed by atoms with Crippen LogP contribution in [0.15, 0.2) is 66.7 Å². The number of rotatable bonds is 6. The largest absolute Gasteiger partial charge is 0.481 e. The first kappa shape index (κ1) is 17.0. The van der Waals surface area contributed by atoms with Gasteiger partial charge in [0.15, 0.2) is 6.10 Å². The molecular formula is C21H20FNO2. The van der Waals surface area contributed by atoms with Crippen molar-refractivity contribution < 1.29 is 13.9 Å².